The zero-order valence-corrected chi connectivity index (χ0v) is 19.2. The summed E-state index contributed by atoms with van der Waals surface area (Å²) < 4.78 is 5.48. The maximum Gasteiger partial charge on any atom is 0.278 e. The molecule has 0 radical (unpaired) electrons. The standard InChI is InChI=1S/C26H31N3O3/c1-17(2)29-25(30)23(21-7-5-6-8-22(21)32-4)24(26(29)31)27-19-9-11-20(12-10-19)28-15-13-18(3)14-16-28/h5-12,17-18,27H,13-16H2,1-4H3. The number of benzene rings is 2. The third kappa shape index (κ3) is 4.09. The number of amides is 2. The number of hydrogen-bond acceptors (Lipinski definition) is 5. The molecule has 2 aromatic carbocycles. The van der Waals surface area contributed by atoms with E-state index < -0.39 is 0 Å². The Balaban J connectivity index is 1.66. The number of hydrogen-bond donors (Lipinski definition) is 1. The van der Waals surface area contributed by atoms with E-state index in [1.54, 1.807) is 13.2 Å². The van der Waals surface area contributed by atoms with Crippen LogP contribution in [0.15, 0.2) is 54.2 Å². The molecule has 2 aliphatic heterocycles. The van der Waals surface area contributed by atoms with Crippen LogP contribution in [0.25, 0.3) is 5.57 Å². The second-order valence-electron chi connectivity index (χ2n) is 8.87. The van der Waals surface area contributed by atoms with E-state index in [4.69, 9.17) is 4.74 Å². The summed E-state index contributed by atoms with van der Waals surface area (Å²) in [4.78, 5) is 30.2. The highest BCUT2D eigenvalue weighted by molar-refractivity contribution is 6.37. The number of anilines is 2. The number of nitrogens with zero attached hydrogens (tertiary/aromatic N) is 2. The highest BCUT2D eigenvalue weighted by atomic mass is 16.5. The fraction of sp³-hybridized carbons (Fsp3) is 0.385. The number of carbonyl (C=O) groups excluding carboxylic acids is 2. The molecule has 2 aliphatic rings. The first-order valence-corrected chi connectivity index (χ1v) is 11.3. The van der Waals surface area contributed by atoms with Crippen molar-refractivity contribution < 1.29 is 14.3 Å². The van der Waals surface area contributed by atoms with Gasteiger partial charge in [-0.15, -0.1) is 0 Å². The number of nitrogens with one attached hydrogen (secondary N) is 1. The molecule has 4 rings (SSSR count). The predicted molar refractivity (Wildman–Crippen MR) is 128 cm³/mol. The number of rotatable bonds is 6. The Kier molecular flexibility index (Phi) is 6.21. The van der Waals surface area contributed by atoms with Gasteiger partial charge in [-0.2, -0.15) is 0 Å². The van der Waals surface area contributed by atoms with Gasteiger partial charge in [0.05, 0.1) is 12.7 Å². The van der Waals surface area contributed by atoms with Gasteiger partial charge in [0, 0.05) is 36.1 Å². The molecular weight excluding hydrogens is 402 g/mol. The van der Waals surface area contributed by atoms with E-state index in [0.717, 1.165) is 24.7 Å². The van der Waals surface area contributed by atoms with E-state index in [1.807, 2.05) is 44.2 Å². The normalized spacial score (nSPS) is 17.5. The van der Waals surface area contributed by atoms with Crippen LogP contribution in [0, 0.1) is 5.92 Å². The third-order valence-corrected chi connectivity index (χ3v) is 6.29. The zero-order valence-electron chi connectivity index (χ0n) is 19.2. The van der Waals surface area contributed by atoms with Gasteiger partial charge in [0.25, 0.3) is 11.8 Å². The summed E-state index contributed by atoms with van der Waals surface area (Å²) in [5, 5.41) is 3.24. The van der Waals surface area contributed by atoms with Gasteiger partial charge in [-0.1, -0.05) is 25.1 Å². The number of carbonyl (C=O) groups is 2. The first kappa shape index (κ1) is 21.9. The Morgan fingerprint density at radius 2 is 1.62 bits per heavy atom. The van der Waals surface area contributed by atoms with Crippen molar-refractivity contribution in [3.63, 3.8) is 0 Å². The molecule has 0 saturated carbocycles. The van der Waals surface area contributed by atoms with Gasteiger partial charge in [-0.25, -0.2) is 0 Å². The van der Waals surface area contributed by atoms with Gasteiger partial charge < -0.3 is 15.0 Å². The summed E-state index contributed by atoms with van der Waals surface area (Å²) >= 11 is 0. The maximum atomic E-state index is 13.3. The second kappa shape index (κ2) is 9.07. The van der Waals surface area contributed by atoms with Crippen LogP contribution in [-0.4, -0.2) is 43.0 Å². The SMILES string of the molecule is COc1ccccc1C1=C(Nc2ccc(N3CCC(C)CC3)cc2)C(=O)N(C(C)C)C1=O. The largest absolute Gasteiger partial charge is 0.496 e. The number of ether oxygens (including phenoxy) is 1. The Morgan fingerprint density at radius 3 is 2.25 bits per heavy atom. The van der Waals surface area contributed by atoms with E-state index in [2.05, 4.69) is 29.3 Å². The summed E-state index contributed by atoms with van der Waals surface area (Å²) in [6.45, 7) is 8.11. The molecule has 6 heteroatoms. The summed E-state index contributed by atoms with van der Waals surface area (Å²) in [6.07, 6.45) is 2.41. The summed E-state index contributed by atoms with van der Waals surface area (Å²) in [6, 6.07) is 15.1. The van der Waals surface area contributed by atoms with E-state index >= 15 is 0 Å². The molecule has 2 amide bonds. The summed E-state index contributed by atoms with van der Waals surface area (Å²) in [5.74, 6) is 0.710. The van der Waals surface area contributed by atoms with Gasteiger partial charge in [0.15, 0.2) is 0 Å². The lowest BCUT2D eigenvalue weighted by Gasteiger charge is -2.32. The third-order valence-electron chi connectivity index (χ3n) is 6.29. The van der Waals surface area contributed by atoms with E-state index in [-0.39, 0.29) is 23.6 Å². The fourth-order valence-corrected chi connectivity index (χ4v) is 4.40. The molecule has 1 N–H and O–H groups in total. The smallest absolute Gasteiger partial charge is 0.278 e. The lowest BCUT2D eigenvalue weighted by Crippen LogP contribution is -2.38. The number of imide groups is 1. The van der Waals surface area contributed by atoms with Gasteiger partial charge in [0.1, 0.15) is 11.4 Å². The molecule has 2 aromatic rings. The molecular formula is C26H31N3O3. The van der Waals surface area contributed by atoms with Gasteiger partial charge in [-0.3, -0.25) is 14.5 Å². The summed E-state index contributed by atoms with van der Waals surface area (Å²) in [7, 11) is 1.56. The average Bonchev–Trinajstić information content (AvgIpc) is 3.04. The molecule has 1 fully saturated rings. The lowest BCUT2D eigenvalue weighted by atomic mass is 9.99. The van der Waals surface area contributed by atoms with E-state index in [1.165, 1.54) is 23.4 Å². The van der Waals surface area contributed by atoms with Crippen molar-refractivity contribution in [2.75, 3.05) is 30.4 Å². The molecule has 0 aliphatic carbocycles. The van der Waals surface area contributed by atoms with Crippen molar-refractivity contribution in [2.24, 2.45) is 5.92 Å². The van der Waals surface area contributed by atoms with Crippen LogP contribution >= 0.6 is 0 Å². The van der Waals surface area contributed by atoms with Gasteiger partial charge in [-0.05, 0) is 62.9 Å². The molecule has 2 heterocycles. The van der Waals surface area contributed by atoms with Crippen molar-refractivity contribution in [1.29, 1.82) is 0 Å². The lowest BCUT2D eigenvalue weighted by molar-refractivity contribution is -0.138. The molecule has 32 heavy (non-hydrogen) atoms. The van der Waals surface area contributed by atoms with Crippen LogP contribution in [0.4, 0.5) is 11.4 Å². The molecule has 0 spiro atoms. The molecule has 0 unspecified atom stereocenters. The first-order valence-electron chi connectivity index (χ1n) is 11.3. The molecule has 6 nitrogen and oxygen atoms in total. The van der Waals surface area contributed by atoms with Crippen LogP contribution < -0.4 is 15.0 Å². The monoisotopic (exact) mass is 433 g/mol. The molecule has 0 atom stereocenters. The van der Waals surface area contributed by atoms with Crippen LogP contribution in [0.5, 0.6) is 5.75 Å². The van der Waals surface area contributed by atoms with Crippen LogP contribution in [0.2, 0.25) is 0 Å². The predicted octanol–water partition coefficient (Wildman–Crippen LogP) is 4.53. The maximum absolute atomic E-state index is 13.3. The first-order chi connectivity index (χ1) is 15.4. The van der Waals surface area contributed by atoms with Crippen molar-refractivity contribution >= 4 is 28.8 Å². The van der Waals surface area contributed by atoms with Crippen molar-refractivity contribution in [1.82, 2.24) is 4.90 Å². The minimum absolute atomic E-state index is 0.247. The Hall–Kier alpha value is -3.28. The van der Waals surface area contributed by atoms with Crippen molar-refractivity contribution in [3.8, 4) is 5.75 Å². The topological polar surface area (TPSA) is 61.9 Å². The minimum Gasteiger partial charge on any atom is -0.496 e. The fourth-order valence-electron chi connectivity index (χ4n) is 4.40. The Bertz CT molecular complexity index is 1030. The molecule has 0 bridgehead atoms. The van der Waals surface area contributed by atoms with E-state index in [9.17, 15) is 9.59 Å². The van der Waals surface area contributed by atoms with E-state index in [0.29, 0.717) is 16.9 Å². The molecule has 1 saturated heterocycles. The van der Waals surface area contributed by atoms with Crippen LogP contribution in [0.1, 0.15) is 39.2 Å². The Morgan fingerprint density at radius 1 is 0.969 bits per heavy atom. The second-order valence-corrected chi connectivity index (χ2v) is 8.87. The quantitative estimate of drug-likeness (QED) is 0.678. The minimum atomic E-state index is -0.319. The van der Waals surface area contributed by atoms with Gasteiger partial charge >= 0.3 is 0 Å². The highest BCUT2D eigenvalue weighted by Gasteiger charge is 2.41. The van der Waals surface area contributed by atoms with Crippen LogP contribution in [0.3, 0.4) is 0 Å². The zero-order chi connectivity index (χ0) is 22.8. The van der Waals surface area contributed by atoms with Crippen LogP contribution in [-0.2, 0) is 9.59 Å². The number of para-hydroxylation sites is 1. The van der Waals surface area contributed by atoms with Gasteiger partial charge in [0.2, 0.25) is 0 Å². The number of piperidine rings is 1. The number of methoxy groups -OCH3 is 1. The average molecular weight is 434 g/mol. The van der Waals surface area contributed by atoms with Crippen molar-refractivity contribution in [3.05, 3.63) is 59.8 Å². The summed E-state index contributed by atoms with van der Waals surface area (Å²) in [5.41, 5.74) is 3.19. The molecule has 0 aromatic heterocycles. The highest BCUT2D eigenvalue weighted by Crippen LogP contribution is 2.36. The van der Waals surface area contributed by atoms with Crippen molar-refractivity contribution in [2.45, 2.75) is 39.7 Å². The Labute approximate surface area is 189 Å². The molecule has 168 valence electrons.